The zero-order valence-electron chi connectivity index (χ0n) is 11.0. The molecule has 98 valence electrons. The first-order valence-corrected chi connectivity index (χ1v) is 6.31. The van der Waals surface area contributed by atoms with E-state index in [-0.39, 0.29) is 0 Å². The van der Waals surface area contributed by atoms with Crippen molar-refractivity contribution in [2.75, 3.05) is 0 Å². The Morgan fingerprint density at radius 3 is 2.65 bits per heavy atom. The number of benzene rings is 1. The second kappa shape index (κ2) is 5.09. The Morgan fingerprint density at radius 1 is 1.15 bits per heavy atom. The van der Waals surface area contributed by atoms with Gasteiger partial charge in [0.25, 0.3) is 0 Å². The second-order valence-corrected chi connectivity index (χ2v) is 4.54. The van der Waals surface area contributed by atoms with E-state index in [1.165, 1.54) is 0 Å². The van der Waals surface area contributed by atoms with Gasteiger partial charge in [-0.15, -0.1) is 0 Å². The Balaban J connectivity index is 2.23. The number of carbonyl (C=O) groups excluding carboxylic acids is 1. The Hall–Kier alpha value is -2.75. The fraction of sp³-hybridized carbons (Fsp3) is 0.0625. The fourth-order valence-corrected chi connectivity index (χ4v) is 2.14. The maximum atomic E-state index is 11.2. The maximum absolute atomic E-state index is 11.2. The highest BCUT2D eigenvalue weighted by molar-refractivity contribution is 5.86. The van der Waals surface area contributed by atoms with E-state index in [1.807, 2.05) is 49.4 Å². The normalized spacial score (nSPS) is 10.4. The molecule has 0 bridgehead atoms. The molecule has 0 fully saturated rings. The van der Waals surface area contributed by atoms with Crippen LogP contribution in [0.25, 0.3) is 17.1 Å². The number of carbonyl (C=O) groups is 1. The largest absolute Gasteiger partial charge is 0.298 e. The molecule has 2 heterocycles. The number of hydrogen-bond donors (Lipinski definition) is 0. The summed E-state index contributed by atoms with van der Waals surface area (Å²) in [6.07, 6.45) is 4.13. The van der Waals surface area contributed by atoms with E-state index in [0.29, 0.717) is 11.4 Å². The van der Waals surface area contributed by atoms with Crippen molar-refractivity contribution in [3.8, 4) is 17.1 Å². The Bertz CT molecular complexity index is 747. The summed E-state index contributed by atoms with van der Waals surface area (Å²) in [7, 11) is 0. The van der Waals surface area contributed by atoms with Crippen LogP contribution in [0, 0.1) is 6.92 Å². The molecule has 3 aromatic rings. The third kappa shape index (κ3) is 2.12. The lowest BCUT2D eigenvalue weighted by atomic mass is 10.1. The molecule has 1 aromatic carbocycles. The first-order chi connectivity index (χ1) is 9.79. The summed E-state index contributed by atoms with van der Waals surface area (Å²) >= 11 is 0. The molecule has 0 saturated heterocycles. The molecule has 2 aromatic heterocycles. The highest BCUT2D eigenvalue weighted by Crippen LogP contribution is 2.24. The van der Waals surface area contributed by atoms with Gasteiger partial charge in [-0.05, 0) is 24.6 Å². The summed E-state index contributed by atoms with van der Waals surface area (Å²) in [4.78, 5) is 15.6. The van der Waals surface area contributed by atoms with Crippen LogP contribution in [0.2, 0.25) is 0 Å². The zero-order valence-corrected chi connectivity index (χ0v) is 11.0. The van der Waals surface area contributed by atoms with Gasteiger partial charge in [-0.3, -0.25) is 4.79 Å². The van der Waals surface area contributed by atoms with E-state index in [1.54, 1.807) is 17.1 Å². The van der Waals surface area contributed by atoms with Gasteiger partial charge in [0, 0.05) is 11.8 Å². The van der Waals surface area contributed by atoms with Crippen LogP contribution in [0.4, 0.5) is 0 Å². The van der Waals surface area contributed by atoms with Crippen molar-refractivity contribution >= 4 is 6.29 Å². The lowest BCUT2D eigenvalue weighted by Crippen LogP contribution is -2.02. The van der Waals surface area contributed by atoms with Gasteiger partial charge in [0.2, 0.25) is 0 Å². The SMILES string of the molecule is Cc1ccnc(-n2ncc(C=O)c2-c2ccccc2)c1. The molecule has 0 aliphatic carbocycles. The van der Waals surface area contributed by atoms with Gasteiger partial charge < -0.3 is 0 Å². The Kier molecular flexibility index (Phi) is 3.13. The highest BCUT2D eigenvalue weighted by atomic mass is 16.1. The molecule has 0 aliphatic rings. The summed E-state index contributed by atoms with van der Waals surface area (Å²) in [5, 5.41) is 4.30. The number of rotatable bonds is 3. The molecule has 0 radical (unpaired) electrons. The number of nitrogens with zero attached hydrogens (tertiary/aromatic N) is 3. The molecule has 0 atom stereocenters. The van der Waals surface area contributed by atoms with Crippen LogP contribution in [0.1, 0.15) is 15.9 Å². The molecular weight excluding hydrogens is 250 g/mol. The average Bonchev–Trinajstić information content (AvgIpc) is 2.92. The van der Waals surface area contributed by atoms with Gasteiger partial charge in [0.05, 0.1) is 17.5 Å². The number of pyridine rings is 1. The lowest BCUT2D eigenvalue weighted by Gasteiger charge is -2.08. The van der Waals surface area contributed by atoms with Crippen molar-refractivity contribution in [3.63, 3.8) is 0 Å². The van der Waals surface area contributed by atoms with Crippen molar-refractivity contribution < 1.29 is 4.79 Å². The molecule has 4 nitrogen and oxygen atoms in total. The van der Waals surface area contributed by atoms with Crippen LogP contribution < -0.4 is 0 Å². The van der Waals surface area contributed by atoms with Crippen LogP contribution >= 0.6 is 0 Å². The van der Waals surface area contributed by atoms with Gasteiger partial charge in [0.1, 0.15) is 0 Å². The average molecular weight is 263 g/mol. The van der Waals surface area contributed by atoms with Crippen molar-refractivity contribution in [2.24, 2.45) is 0 Å². The van der Waals surface area contributed by atoms with Gasteiger partial charge in [-0.1, -0.05) is 30.3 Å². The summed E-state index contributed by atoms with van der Waals surface area (Å²) in [6, 6.07) is 13.6. The number of aromatic nitrogens is 3. The molecule has 0 amide bonds. The number of hydrogen-bond acceptors (Lipinski definition) is 3. The smallest absolute Gasteiger partial charge is 0.154 e. The predicted molar refractivity (Wildman–Crippen MR) is 76.9 cm³/mol. The van der Waals surface area contributed by atoms with E-state index in [2.05, 4.69) is 10.1 Å². The van der Waals surface area contributed by atoms with E-state index in [4.69, 9.17) is 0 Å². The Morgan fingerprint density at radius 2 is 1.95 bits per heavy atom. The van der Waals surface area contributed by atoms with Crippen LogP contribution in [-0.2, 0) is 0 Å². The third-order valence-corrected chi connectivity index (χ3v) is 3.09. The minimum atomic E-state index is 0.555. The second-order valence-electron chi connectivity index (χ2n) is 4.54. The molecule has 0 N–H and O–H groups in total. The van der Waals surface area contributed by atoms with Crippen LogP contribution in [0.5, 0.6) is 0 Å². The number of aryl methyl sites for hydroxylation is 1. The standard InChI is InChI=1S/C16H13N3O/c1-12-7-8-17-15(9-12)19-16(14(11-20)10-18-19)13-5-3-2-4-6-13/h2-11H,1H3. The minimum absolute atomic E-state index is 0.555. The van der Waals surface area contributed by atoms with Crippen molar-refractivity contribution in [3.05, 3.63) is 66.0 Å². The van der Waals surface area contributed by atoms with E-state index < -0.39 is 0 Å². The quantitative estimate of drug-likeness (QED) is 0.682. The predicted octanol–water partition coefficient (Wildman–Crippen LogP) is 3.06. The first kappa shape index (κ1) is 12.3. The maximum Gasteiger partial charge on any atom is 0.154 e. The van der Waals surface area contributed by atoms with Gasteiger partial charge in [0.15, 0.2) is 12.1 Å². The summed E-state index contributed by atoms with van der Waals surface area (Å²) in [5.41, 5.74) is 3.35. The van der Waals surface area contributed by atoms with Gasteiger partial charge in [-0.2, -0.15) is 5.10 Å². The lowest BCUT2D eigenvalue weighted by molar-refractivity contribution is 0.112. The fourth-order valence-electron chi connectivity index (χ4n) is 2.14. The van der Waals surface area contributed by atoms with Crippen LogP contribution in [0.15, 0.2) is 54.9 Å². The van der Waals surface area contributed by atoms with Crippen molar-refractivity contribution in [1.82, 2.24) is 14.8 Å². The summed E-state index contributed by atoms with van der Waals surface area (Å²) in [6.45, 7) is 2.00. The molecule has 0 spiro atoms. The van der Waals surface area contributed by atoms with Crippen LogP contribution in [-0.4, -0.2) is 21.1 Å². The molecule has 0 unspecified atom stereocenters. The third-order valence-electron chi connectivity index (χ3n) is 3.09. The van der Waals surface area contributed by atoms with E-state index >= 15 is 0 Å². The van der Waals surface area contributed by atoms with Gasteiger partial charge >= 0.3 is 0 Å². The molecule has 0 saturated carbocycles. The molecular formula is C16H13N3O. The van der Waals surface area contributed by atoms with Crippen LogP contribution in [0.3, 0.4) is 0 Å². The molecule has 20 heavy (non-hydrogen) atoms. The first-order valence-electron chi connectivity index (χ1n) is 6.31. The van der Waals surface area contributed by atoms with E-state index in [9.17, 15) is 4.79 Å². The molecule has 3 rings (SSSR count). The van der Waals surface area contributed by atoms with E-state index in [0.717, 1.165) is 23.1 Å². The van der Waals surface area contributed by atoms with Crippen molar-refractivity contribution in [1.29, 1.82) is 0 Å². The molecule has 4 heteroatoms. The Labute approximate surface area is 116 Å². The zero-order chi connectivity index (χ0) is 13.9. The monoisotopic (exact) mass is 263 g/mol. The molecule has 0 aliphatic heterocycles. The van der Waals surface area contributed by atoms with Crippen molar-refractivity contribution in [2.45, 2.75) is 6.92 Å². The topological polar surface area (TPSA) is 47.8 Å². The summed E-state index contributed by atoms with van der Waals surface area (Å²) < 4.78 is 1.70. The number of aldehydes is 1. The highest BCUT2D eigenvalue weighted by Gasteiger charge is 2.14. The minimum Gasteiger partial charge on any atom is -0.298 e. The summed E-state index contributed by atoms with van der Waals surface area (Å²) in [5.74, 6) is 0.706. The van der Waals surface area contributed by atoms with Gasteiger partial charge in [-0.25, -0.2) is 9.67 Å².